The third-order valence-electron chi connectivity index (χ3n) is 5.54. The zero-order chi connectivity index (χ0) is 21.3. The summed E-state index contributed by atoms with van der Waals surface area (Å²) >= 11 is 0. The van der Waals surface area contributed by atoms with Crippen LogP contribution in [-0.2, 0) is 0 Å². The number of likely N-dealkylation sites (N-methyl/N-ethyl adjacent to an activating group) is 1. The average molecular weight is 414 g/mol. The summed E-state index contributed by atoms with van der Waals surface area (Å²) in [5.41, 5.74) is 1.53. The fraction of sp³-hybridized carbons (Fsp3) is 0.364. The molecular weight excluding hydrogens is 390 g/mol. The number of rotatable bonds is 6. The first-order chi connectivity index (χ1) is 14.5. The van der Waals surface area contributed by atoms with Gasteiger partial charge in [-0.25, -0.2) is 18.7 Å². The molecule has 0 N–H and O–H groups in total. The van der Waals surface area contributed by atoms with Crippen LogP contribution in [0.15, 0.2) is 42.5 Å². The van der Waals surface area contributed by atoms with Crippen molar-refractivity contribution in [2.45, 2.75) is 18.9 Å². The molecule has 1 fully saturated rings. The Balaban J connectivity index is 1.62. The fourth-order valence-electron chi connectivity index (χ4n) is 3.88. The summed E-state index contributed by atoms with van der Waals surface area (Å²) in [4.78, 5) is 12.5. The third-order valence-corrected chi connectivity index (χ3v) is 5.54. The van der Waals surface area contributed by atoms with E-state index in [2.05, 4.69) is 14.9 Å². The van der Waals surface area contributed by atoms with Crippen molar-refractivity contribution in [3.63, 3.8) is 0 Å². The van der Waals surface area contributed by atoms with Gasteiger partial charge in [-0.1, -0.05) is 12.1 Å². The van der Waals surface area contributed by atoms with E-state index in [1.807, 2.05) is 42.3 Å². The standard InChI is InChI=1S/C22H24F2N4O2/c1-27(22-18-6-4-5-7-19(18)25-21(26-22)20(23)24)14-8-9-28(13-14)15-10-16(29-2)12-17(11-15)30-3/h4-7,10-12,14,20H,8-9,13H2,1-3H3. The number of benzene rings is 2. The Morgan fingerprint density at radius 2 is 1.77 bits per heavy atom. The zero-order valence-corrected chi connectivity index (χ0v) is 17.2. The molecule has 6 nitrogen and oxygen atoms in total. The van der Waals surface area contributed by atoms with Crippen molar-refractivity contribution < 1.29 is 18.3 Å². The van der Waals surface area contributed by atoms with Gasteiger partial charge in [0, 0.05) is 55.5 Å². The van der Waals surface area contributed by atoms with E-state index in [1.165, 1.54) is 0 Å². The fourth-order valence-corrected chi connectivity index (χ4v) is 3.88. The Morgan fingerprint density at radius 3 is 2.43 bits per heavy atom. The van der Waals surface area contributed by atoms with Crippen LogP contribution in [0.3, 0.4) is 0 Å². The maximum atomic E-state index is 13.4. The van der Waals surface area contributed by atoms with Crippen LogP contribution >= 0.6 is 0 Å². The van der Waals surface area contributed by atoms with E-state index in [-0.39, 0.29) is 6.04 Å². The van der Waals surface area contributed by atoms with E-state index in [0.29, 0.717) is 11.3 Å². The van der Waals surface area contributed by atoms with Gasteiger partial charge in [0.05, 0.1) is 19.7 Å². The van der Waals surface area contributed by atoms with Crippen LogP contribution in [0.2, 0.25) is 0 Å². The van der Waals surface area contributed by atoms with E-state index >= 15 is 0 Å². The van der Waals surface area contributed by atoms with Gasteiger partial charge in [0.2, 0.25) is 0 Å². The van der Waals surface area contributed by atoms with Crippen LogP contribution in [0.25, 0.3) is 10.9 Å². The van der Waals surface area contributed by atoms with Gasteiger partial charge in [-0.3, -0.25) is 0 Å². The minimum Gasteiger partial charge on any atom is -0.497 e. The monoisotopic (exact) mass is 414 g/mol. The molecule has 0 radical (unpaired) electrons. The summed E-state index contributed by atoms with van der Waals surface area (Å²) in [6.07, 6.45) is -1.84. The highest BCUT2D eigenvalue weighted by atomic mass is 19.3. The number of ether oxygens (including phenoxy) is 2. The third kappa shape index (κ3) is 3.81. The highest BCUT2D eigenvalue weighted by molar-refractivity contribution is 5.89. The van der Waals surface area contributed by atoms with Crippen LogP contribution in [0.5, 0.6) is 11.5 Å². The molecule has 0 aliphatic carbocycles. The second-order valence-electron chi connectivity index (χ2n) is 7.29. The van der Waals surface area contributed by atoms with E-state index in [9.17, 15) is 8.78 Å². The first-order valence-corrected chi connectivity index (χ1v) is 9.76. The Hall–Kier alpha value is -3.16. The first-order valence-electron chi connectivity index (χ1n) is 9.76. The lowest BCUT2D eigenvalue weighted by Gasteiger charge is -2.28. The van der Waals surface area contributed by atoms with Gasteiger partial charge in [-0.05, 0) is 18.6 Å². The number of hydrogen-bond donors (Lipinski definition) is 0. The molecule has 0 spiro atoms. The molecule has 0 saturated carbocycles. The molecule has 8 heteroatoms. The van der Waals surface area contributed by atoms with Gasteiger partial charge >= 0.3 is 0 Å². The number of fused-ring (bicyclic) bond motifs is 1. The molecule has 30 heavy (non-hydrogen) atoms. The first kappa shape index (κ1) is 20.1. The van der Waals surface area contributed by atoms with Crippen molar-refractivity contribution in [3.8, 4) is 11.5 Å². The van der Waals surface area contributed by atoms with Crippen molar-refractivity contribution in [1.29, 1.82) is 0 Å². The van der Waals surface area contributed by atoms with E-state index in [1.54, 1.807) is 26.4 Å². The predicted molar refractivity (Wildman–Crippen MR) is 113 cm³/mol. The second-order valence-corrected chi connectivity index (χ2v) is 7.29. The molecular formula is C22H24F2N4O2. The lowest BCUT2D eigenvalue weighted by Crippen LogP contribution is -2.35. The highest BCUT2D eigenvalue weighted by Gasteiger charge is 2.29. The summed E-state index contributed by atoms with van der Waals surface area (Å²) in [5, 5.41) is 0.769. The molecule has 2 heterocycles. The molecule has 1 aliphatic heterocycles. The lowest BCUT2D eigenvalue weighted by atomic mass is 10.2. The summed E-state index contributed by atoms with van der Waals surface area (Å²) in [6.45, 7) is 1.56. The summed E-state index contributed by atoms with van der Waals surface area (Å²) in [7, 11) is 5.16. The Kier molecular flexibility index (Phi) is 5.57. The predicted octanol–water partition coefficient (Wildman–Crippen LogP) is 4.30. The van der Waals surface area contributed by atoms with Crippen LogP contribution in [0.1, 0.15) is 18.7 Å². The molecule has 158 valence electrons. The van der Waals surface area contributed by atoms with Crippen molar-refractivity contribution in [2.75, 3.05) is 44.2 Å². The van der Waals surface area contributed by atoms with Crippen molar-refractivity contribution in [2.24, 2.45) is 0 Å². The number of para-hydroxylation sites is 1. The molecule has 1 atom stereocenters. The van der Waals surface area contributed by atoms with Gasteiger partial charge in [-0.15, -0.1) is 0 Å². The smallest absolute Gasteiger partial charge is 0.297 e. The SMILES string of the molecule is COc1cc(OC)cc(N2CCC(N(C)c3nc(C(F)F)nc4ccccc34)C2)c1. The Labute approximate surface area is 174 Å². The molecule has 1 saturated heterocycles. The molecule has 2 aromatic carbocycles. The van der Waals surface area contributed by atoms with Crippen molar-refractivity contribution in [3.05, 3.63) is 48.3 Å². The topological polar surface area (TPSA) is 50.7 Å². The Morgan fingerprint density at radius 1 is 1.07 bits per heavy atom. The second kappa shape index (κ2) is 8.30. The number of nitrogens with zero attached hydrogens (tertiary/aromatic N) is 4. The number of anilines is 2. The normalized spacial score (nSPS) is 16.3. The number of halogens is 2. The molecule has 0 bridgehead atoms. The number of aromatic nitrogens is 2. The largest absolute Gasteiger partial charge is 0.497 e. The minimum atomic E-state index is -2.72. The summed E-state index contributed by atoms with van der Waals surface area (Å²) in [6, 6.07) is 13.2. The molecule has 1 aromatic heterocycles. The molecule has 0 amide bonds. The van der Waals surface area contributed by atoms with E-state index in [4.69, 9.17) is 9.47 Å². The van der Waals surface area contributed by atoms with Crippen molar-refractivity contribution in [1.82, 2.24) is 9.97 Å². The maximum Gasteiger partial charge on any atom is 0.297 e. The average Bonchev–Trinajstić information content (AvgIpc) is 3.27. The minimum absolute atomic E-state index is 0.117. The summed E-state index contributed by atoms with van der Waals surface area (Å²) < 4.78 is 37.5. The van der Waals surface area contributed by atoms with E-state index < -0.39 is 12.2 Å². The van der Waals surface area contributed by atoms with Crippen LogP contribution in [0, 0.1) is 0 Å². The zero-order valence-electron chi connectivity index (χ0n) is 17.2. The molecule has 1 unspecified atom stereocenters. The van der Waals surface area contributed by atoms with Gasteiger partial charge in [0.1, 0.15) is 17.3 Å². The molecule has 4 rings (SSSR count). The highest BCUT2D eigenvalue weighted by Crippen LogP contribution is 2.33. The molecule has 1 aliphatic rings. The van der Waals surface area contributed by atoms with Gasteiger partial charge in [0.15, 0.2) is 5.82 Å². The number of methoxy groups -OCH3 is 2. The lowest BCUT2D eigenvalue weighted by molar-refractivity contribution is 0.141. The van der Waals surface area contributed by atoms with Gasteiger partial charge < -0.3 is 19.3 Å². The van der Waals surface area contributed by atoms with Crippen LogP contribution in [0.4, 0.5) is 20.3 Å². The quantitative estimate of drug-likeness (QED) is 0.600. The van der Waals surface area contributed by atoms with Crippen molar-refractivity contribution >= 4 is 22.4 Å². The maximum absolute atomic E-state index is 13.4. The molecule has 3 aromatic rings. The number of hydrogen-bond acceptors (Lipinski definition) is 6. The van der Waals surface area contributed by atoms with Crippen LogP contribution < -0.4 is 19.3 Å². The van der Waals surface area contributed by atoms with Gasteiger partial charge in [0.25, 0.3) is 6.43 Å². The summed E-state index contributed by atoms with van der Waals surface area (Å²) in [5.74, 6) is 1.54. The van der Waals surface area contributed by atoms with E-state index in [0.717, 1.165) is 42.1 Å². The Bertz CT molecular complexity index is 1020. The van der Waals surface area contributed by atoms with Crippen LogP contribution in [-0.4, -0.2) is 50.4 Å². The van der Waals surface area contributed by atoms with Gasteiger partial charge in [-0.2, -0.15) is 0 Å². The number of alkyl halides is 2.